The highest BCUT2D eigenvalue weighted by atomic mass is 16.5. The van der Waals surface area contributed by atoms with Gasteiger partial charge in [0.25, 0.3) is 5.91 Å². The zero-order valence-electron chi connectivity index (χ0n) is 25.2. The van der Waals surface area contributed by atoms with Gasteiger partial charge in [-0.3, -0.25) is 9.59 Å². The molecule has 0 saturated heterocycles. The molecule has 0 heterocycles. The largest absolute Gasteiger partial charge is 0.494 e. The average Bonchev–Trinajstić information content (AvgIpc) is 2.91. The lowest BCUT2D eigenvalue weighted by atomic mass is 9.85. The van der Waals surface area contributed by atoms with Crippen LogP contribution in [0.3, 0.4) is 0 Å². The zero-order valence-corrected chi connectivity index (χ0v) is 25.2. The van der Waals surface area contributed by atoms with Crippen molar-refractivity contribution in [2.45, 2.75) is 72.6 Å². The number of ether oxygens (including phenoxy) is 2. The maximum Gasteiger partial charge on any atom is 0.307 e. The van der Waals surface area contributed by atoms with E-state index in [1.807, 2.05) is 24.3 Å². The summed E-state index contributed by atoms with van der Waals surface area (Å²) in [6, 6.07) is 20.9. The van der Waals surface area contributed by atoms with Crippen LogP contribution >= 0.6 is 0 Å². The van der Waals surface area contributed by atoms with Crippen molar-refractivity contribution in [1.82, 2.24) is 5.32 Å². The summed E-state index contributed by atoms with van der Waals surface area (Å²) < 4.78 is 10.8. The fourth-order valence-electron chi connectivity index (χ4n) is 4.84. The van der Waals surface area contributed by atoms with E-state index in [1.165, 1.54) is 40.5 Å². The maximum atomic E-state index is 12.2. The minimum absolute atomic E-state index is 0.148. The molecule has 1 atom stereocenters. The molecule has 1 N–H and O–H groups in total. The standard InChI is InChI=1S/C35H45NO4/c1-24(8-9-27-10-12-29(13-11-27)34(38)36-20-18-32(37)39-7)19-21-40-31-22-25(2)33(26(3)23-31)28-14-16-30(17-15-28)35(4,5)6/h10-17,22-24H,8-9,18-21H2,1-7H3,(H,36,38). The maximum absolute atomic E-state index is 12.2. The van der Waals surface area contributed by atoms with E-state index in [9.17, 15) is 9.59 Å². The van der Waals surface area contributed by atoms with Gasteiger partial charge in [0.1, 0.15) is 5.75 Å². The van der Waals surface area contributed by atoms with Crippen LogP contribution in [0.15, 0.2) is 60.7 Å². The third-order valence-corrected chi connectivity index (χ3v) is 7.41. The third-order valence-electron chi connectivity index (χ3n) is 7.41. The Morgan fingerprint density at radius 1 is 0.900 bits per heavy atom. The monoisotopic (exact) mass is 543 g/mol. The molecule has 40 heavy (non-hydrogen) atoms. The summed E-state index contributed by atoms with van der Waals surface area (Å²) >= 11 is 0. The van der Waals surface area contributed by atoms with Crippen molar-refractivity contribution in [2.24, 2.45) is 5.92 Å². The number of hydrogen-bond acceptors (Lipinski definition) is 4. The Hall–Kier alpha value is -3.60. The molecule has 3 rings (SSSR count). The highest BCUT2D eigenvalue weighted by molar-refractivity contribution is 5.94. The van der Waals surface area contributed by atoms with Gasteiger partial charge in [-0.2, -0.15) is 0 Å². The quantitative estimate of drug-likeness (QED) is 0.239. The summed E-state index contributed by atoms with van der Waals surface area (Å²) in [7, 11) is 1.34. The van der Waals surface area contributed by atoms with Gasteiger partial charge in [0.15, 0.2) is 0 Å². The fraction of sp³-hybridized carbons (Fsp3) is 0.429. The fourth-order valence-corrected chi connectivity index (χ4v) is 4.84. The van der Waals surface area contributed by atoms with Crippen LogP contribution in [0.4, 0.5) is 0 Å². The lowest BCUT2D eigenvalue weighted by Gasteiger charge is -2.20. The van der Waals surface area contributed by atoms with Gasteiger partial charge in [0.2, 0.25) is 0 Å². The number of methoxy groups -OCH3 is 1. The van der Waals surface area contributed by atoms with E-state index in [0.29, 0.717) is 18.1 Å². The van der Waals surface area contributed by atoms with Gasteiger partial charge in [0, 0.05) is 12.1 Å². The highest BCUT2D eigenvalue weighted by Crippen LogP contribution is 2.33. The summed E-state index contributed by atoms with van der Waals surface area (Å²) in [6.45, 7) is 14.2. The normalized spacial score (nSPS) is 12.1. The Morgan fingerprint density at radius 2 is 1.52 bits per heavy atom. The van der Waals surface area contributed by atoms with Crippen LogP contribution in [0.1, 0.15) is 79.6 Å². The van der Waals surface area contributed by atoms with E-state index in [1.54, 1.807) is 0 Å². The minimum Gasteiger partial charge on any atom is -0.494 e. The molecule has 5 nitrogen and oxygen atoms in total. The Kier molecular flexibility index (Phi) is 10.9. The molecule has 0 aromatic heterocycles. The number of esters is 1. The van der Waals surface area contributed by atoms with Crippen LogP contribution in [-0.2, 0) is 21.4 Å². The Balaban J connectivity index is 1.45. The SMILES string of the molecule is COC(=O)CCNC(=O)c1ccc(CCC(C)CCOc2cc(C)c(-c3ccc(C(C)(C)C)cc3)c(C)c2)cc1. The van der Waals surface area contributed by atoms with E-state index in [0.717, 1.165) is 25.0 Å². The lowest BCUT2D eigenvalue weighted by Crippen LogP contribution is -2.26. The van der Waals surface area contributed by atoms with Crippen molar-refractivity contribution in [3.05, 3.63) is 88.5 Å². The predicted molar refractivity (Wildman–Crippen MR) is 163 cm³/mol. The van der Waals surface area contributed by atoms with Gasteiger partial charge in [-0.15, -0.1) is 0 Å². The third kappa shape index (κ3) is 8.97. The first kappa shape index (κ1) is 30.9. The van der Waals surface area contributed by atoms with Crippen molar-refractivity contribution < 1.29 is 19.1 Å². The molecule has 0 spiro atoms. The van der Waals surface area contributed by atoms with Gasteiger partial charge in [0.05, 0.1) is 20.1 Å². The average molecular weight is 544 g/mol. The summed E-state index contributed by atoms with van der Waals surface area (Å²) in [6.07, 6.45) is 3.15. The smallest absolute Gasteiger partial charge is 0.307 e. The van der Waals surface area contributed by atoms with Crippen LogP contribution in [0.5, 0.6) is 5.75 Å². The number of amides is 1. The molecule has 3 aromatic rings. The topological polar surface area (TPSA) is 64.6 Å². The summed E-state index contributed by atoms with van der Waals surface area (Å²) in [5.41, 5.74) is 8.27. The number of carbonyl (C=O) groups is 2. The number of hydrogen-bond donors (Lipinski definition) is 1. The molecule has 0 aliphatic heterocycles. The second kappa shape index (κ2) is 14.2. The van der Waals surface area contributed by atoms with Gasteiger partial charge in [-0.1, -0.05) is 64.1 Å². The Labute approximate surface area is 240 Å². The van der Waals surface area contributed by atoms with E-state index >= 15 is 0 Å². The zero-order chi connectivity index (χ0) is 29.3. The van der Waals surface area contributed by atoms with Gasteiger partial charge in [-0.25, -0.2) is 0 Å². The number of carbonyl (C=O) groups excluding carboxylic acids is 2. The van der Waals surface area contributed by atoms with Crippen molar-refractivity contribution >= 4 is 11.9 Å². The molecule has 1 amide bonds. The molecule has 3 aromatic carbocycles. The minimum atomic E-state index is -0.337. The predicted octanol–water partition coefficient (Wildman–Crippen LogP) is 7.60. The van der Waals surface area contributed by atoms with Crippen molar-refractivity contribution in [3.63, 3.8) is 0 Å². The van der Waals surface area contributed by atoms with Crippen molar-refractivity contribution in [1.29, 1.82) is 0 Å². The lowest BCUT2D eigenvalue weighted by molar-refractivity contribution is -0.140. The Bertz CT molecular complexity index is 1250. The van der Waals surface area contributed by atoms with E-state index in [2.05, 4.69) is 88.0 Å². The van der Waals surface area contributed by atoms with E-state index in [-0.39, 0.29) is 30.3 Å². The first-order chi connectivity index (χ1) is 19.0. The molecule has 0 saturated carbocycles. The molecule has 0 fully saturated rings. The molecular weight excluding hydrogens is 498 g/mol. The molecule has 0 aliphatic carbocycles. The van der Waals surface area contributed by atoms with Crippen LogP contribution in [0, 0.1) is 19.8 Å². The molecule has 0 radical (unpaired) electrons. The molecule has 0 aliphatic rings. The molecule has 1 unspecified atom stereocenters. The van der Waals surface area contributed by atoms with Crippen LogP contribution in [0.25, 0.3) is 11.1 Å². The first-order valence-corrected chi connectivity index (χ1v) is 14.3. The molecule has 5 heteroatoms. The number of nitrogens with one attached hydrogen (secondary N) is 1. The second-order valence-electron chi connectivity index (χ2n) is 11.8. The van der Waals surface area contributed by atoms with Crippen molar-refractivity contribution in [2.75, 3.05) is 20.3 Å². The van der Waals surface area contributed by atoms with Crippen LogP contribution < -0.4 is 10.1 Å². The second-order valence-corrected chi connectivity index (χ2v) is 11.8. The molecular formula is C35H45NO4. The summed E-state index contributed by atoms with van der Waals surface area (Å²) in [4.78, 5) is 23.4. The van der Waals surface area contributed by atoms with Crippen molar-refractivity contribution in [3.8, 4) is 16.9 Å². The number of aryl methyl sites for hydroxylation is 3. The van der Waals surface area contributed by atoms with Gasteiger partial charge < -0.3 is 14.8 Å². The molecule has 214 valence electrons. The van der Waals surface area contributed by atoms with Gasteiger partial charge in [-0.05, 0) is 102 Å². The van der Waals surface area contributed by atoms with E-state index < -0.39 is 0 Å². The number of benzene rings is 3. The van der Waals surface area contributed by atoms with E-state index in [4.69, 9.17) is 4.74 Å². The number of rotatable bonds is 12. The summed E-state index contributed by atoms with van der Waals surface area (Å²) in [5, 5.41) is 2.74. The van der Waals surface area contributed by atoms with Gasteiger partial charge >= 0.3 is 5.97 Å². The first-order valence-electron chi connectivity index (χ1n) is 14.3. The van der Waals surface area contributed by atoms with Crippen LogP contribution in [0.2, 0.25) is 0 Å². The highest BCUT2D eigenvalue weighted by Gasteiger charge is 2.15. The van der Waals surface area contributed by atoms with Crippen LogP contribution in [-0.4, -0.2) is 32.1 Å². The summed E-state index contributed by atoms with van der Waals surface area (Å²) in [5.74, 6) is 0.927. The Morgan fingerprint density at radius 3 is 2.10 bits per heavy atom. The molecule has 0 bridgehead atoms.